The van der Waals surface area contributed by atoms with Crippen LogP contribution in [0.2, 0.25) is 0 Å². The van der Waals surface area contributed by atoms with Crippen molar-refractivity contribution in [1.29, 1.82) is 0 Å². The Morgan fingerprint density at radius 2 is 1.80 bits per heavy atom. The number of hydrogen-bond acceptors (Lipinski definition) is 5. The minimum atomic E-state index is -3.34. The fraction of sp³-hybridized carbons (Fsp3) is 0.455. The van der Waals surface area contributed by atoms with E-state index in [1.807, 2.05) is 13.8 Å². The molecule has 1 aliphatic rings. The highest BCUT2D eigenvalue weighted by atomic mass is 32.2. The van der Waals surface area contributed by atoms with Crippen molar-refractivity contribution in [2.45, 2.75) is 39.4 Å². The minimum absolute atomic E-state index is 0.0741. The van der Waals surface area contributed by atoms with Crippen LogP contribution in [0, 0.1) is 5.92 Å². The second-order valence-corrected chi connectivity index (χ2v) is 10.2. The average Bonchev–Trinajstić information content (AvgIpc) is 2.99. The Balaban J connectivity index is 1.50. The minimum Gasteiger partial charge on any atom is -0.312 e. The SMILES string of the molecule is CC(C)[C@@H](NS(C)(=O)=O)c1nnc2n1CCN(Cc1ccc3ccccc3c1)CC2. The molecule has 2 heterocycles. The molecule has 0 bridgehead atoms. The number of benzene rings is 2. The first-order valence-electron chi connectivity index (χ1n) is 10.4. The molecule has 0 saturated heterocycles. The fourth-order valence-electron chi connectivity index (χ4n) is 4.09. The van der Waals surface area contributed by atoms with Crippen LogP contribution in [0.25, 0.3) is 10.8 Å². The summed E-state index contributed by atoms with van der Waals surface area (Å²) in [5.74, 6) is 1.70. The van der Waals surface area contributed by atoms with Crippen molar-refractivity contribution in [3.8, 4) is 0 Å². The summed E-state index contributed by atoms with van der Waals surface area (Å²) in [6.45, 7) is 7.39. The summed E-state index contributed by atoms with van der Waals surface area (Å²) >= 11 is 0. The van der Waals surface area contributed by atoms with Gasteiger partial charge in [0.2, 0.25) is 10.0 Å². The molecule has 1 atom stereocenters. The van der Waals surface area contributed by atoms with Gasteiger partial charge in [0.05, 0.1) is 12.3 Å². The van der Waals surface area contributed by atoms with Gasteiger partial charge in [0.25, 0.3) is 0 Å². The molecule has 4 rings (SSSR count). The third kappa shape index (κ3) is 4.71. The van der Waals surface area contributed by atoms with Gasteiger partial charge in [-0.05, 0) is 28.3 Å². The average molecular weight is 428 g/mol. The first-order chi connectivity index (χ1) is 14.3. The monoisotopic (exact) mass is 427 g/mol. The highest BCUT2D eigenvalue weighted by Gasteiger charge is 2.28. The zero-order valence-corrected chi connectivity index (χ0v) is 18.6. The normalized spacial score (nSPS) is 16.5. The summed E-state index contributed by atoms with van der Waals surface area (Å²) in [5.41, 5.74) is 1.30. The summed E-state index contributed by atoms with van der Waals surface area (Å²) in [4.78, 5) is 2.43. The smallest absolute Gasteiger partial charge is 0.209 e. The number of rotatable bonds is 6. The van der Waals surface area contributed by atoms with Gasteiger partial charge in [-0.15, -0.1) is 10.2 Å². The van der Waals surface area contributed by atoms with Crippen molar-refractivity contribution in [2.75, 3.05) is 19.3 Å². The number of nitrogens with one attached hydrogen (secondary N) is 1. The molecule has 0 unspecified atom stereocenters. The molecule has 0 spiro atoms. The zero-order valence-electron chi connectivity index (χ0n) is 17.7. The van der Waals surface area contributed by atoms with Crippen LogP contribution in [0.3, 0.4) is 0 Å². The summed E-state index contributed by atoms with van der Waals surface area (Å²) in [5, 5.41) is 11.3. The molecule has 30 heavy (non-hydrogen) atoms. The van der Waals surface area contributed by atoms with Crippen molar-refractivity contribution in [3.05, 3.63) is 59.7 Å². The Labute approximate surface area is 178 Å². The molecule has 8 heteroatoms. The molecule has 0 radical (unpaired) electrons. The Morgan fingerprint density at radius 3 is 2.53 bits per heavy atom. The summed E-state index contributed by atoms with van der Waals surface area (Å²) < 4.78 is 28.5. The van der Waals surface area contributed by atoms with Gasteiger partial charge in [0.1, 0.15) is 5.82 Å². The quantitative estimate of drug-likeness (QED) is 0.654. The standard InChI is InChI=1S/C22H29N5O2S/c1-16(2)21(25-30(3,28)29)22-24-23-20-10-11-26(12-13-27(20)22)15-17-8-9-18-6-4-5-7-19(18)14-17/h4-9,14,16,21,25H,10-13,15H2,1-3H3/t21-/m1/s1. The van der Waals surface area contributed by atoms with E-state index in [-0.39, 0.29) is 12.0 Å². The number of aromatic nitrogens is 3. The Morgan fingerprint density at radius 1 is 1.03 bits per heavy atom. The molecule has 2 aromatic carbocycles. The van der Waals surface area contributed by atoms with Crippen LogP contribution in [-0.4, -0.2) is 47.4 Å². The summed E-state index contributed by atoms with van der Waals surface area (Å²) in [6, 6.07) is 14.7. The van der Waals surface area contributed by atoms with Gasteiger partial charge in [-0.3, -0.25) is 4.90 Å². The van der Waals surface area contributed by atoms with Gasteiger partial charge >= 0.3 is 0 Å². The lowest BCUT2D eigenvalue weighted by Gasteiger charge is -2.22. The van der Waals surface area contributed by atoms with Crippen LogP contribution in [-0.2, 0) is 29.5 Å². The Kier molecular flexibility index (Phi) is 5.90. The van der Waals surface area contributed by atoms with Crippen LogP contribution >= 0.6 is 0 Å². The van der Waals surface area contributed by atoms with Gasteiger partial charge in [-0.1, -0.05) is 50.2 Å². The molecule has 7 nitrogen and oxygen atoms in total. The van der Waals surface area contributed by atoms with E-state index in [0.717, 1.165) is 38.4 Å². The molecule has 1 aliphatic heterocycles. The van der Waals surface area contributed by atoms with E-state index in [0.29, 0.717) is 5.82 Å². The molecule has 1 N–H and O–H groups in total. The Hall–Kier alpha value is -2.29. The molecule has 1 aromatic heterocycles. The highest BCUT2D eigenvalue weighted by molar-refractivity contribution is 7.88. The largest absolute Gasteiger partial charge is 0.312 e. The van der Waals surface area contributed by atoms with E-state index in [1.165, 1.54) is 22.6 Å². The maximum atomic E-state index is 11.8. The fourth-order valence-corrected chi connectivity index (χ4v) is 4.93. The van der Waals surface area contributed by atoms with E-state index >= 15 is 0 Å². The van der Waals surface area contributed by atoms with Gasteiger partial charge < -0.3 is 4.57 Å². The molecular weight excluding hydrogens is 398 g/mol. The second-order valence-electron chi connectivity index (χ2n) is 8.45. The van der Waals surface area contributed by atoms with E-state index in [1.54, 1.807) is 0 Å². The van der Waals surface area contributed by atoms with Crippen LogP contribution in [0.4, 0.5) is 0 Å². The first kappa shape index (κ1) is 21.0. The maximum Gasteiger partial charge on any atom is 0.209 e. The molecular formula is C22H29N5O2S. The number of hydrogen-bond donors (Lipinski definition) is 1. The third-order valence-electron chi connectivity index (χ3n) is 5.65. The van der Waals surface area contributed by atoms with E-state index in [2.05, 4.69) is 66.9 Å². The first-order valence-corrected chi connectivity index (χ1v) is 12.3. The molecule has 0 amide bonds. The van der Waals surface area contributed by atoms with Crippen molar-refractivity contribution < 1.29 is 8.42 Å². The van der Waals surface area contributed by atoms with Gasteiger partial charge in [-0.25, -0.2) is 13.1 Å². The number of nitrogens with zero attached hydrogens (tertiary/aromatic N) is 4. The van der Waals surface area contributed by atoms with Crippen LogP contribution in [0.1, 0.15) is 37.1 Å². The molecule has 0 aliphatic carbocycles. The van der Waals surface area contributed by atoms with Crippen molar-refractivity contribution in [3.63, 3.8) is 0 Å². The van der Waals surface area contributed by atoms with Crippen LogP contribution in [0.15, 0.2) is 42.5 Å². The molecule has 0 fully saturated rings. The van der Waals surface area contributed by atoms with E-state index in [4.69, 9.17) is 0 Å². The zero-order chi connectivity index (χ0) is 21.3. The van der Waals surface area contributed by atoms with Crippen molar-refractivity contribution in [1.82, 2.24) is 24.4 Å². The highest BCUT2D eigenvalue weighted by Crippen LogP contribution is 2.24. The summed E-state index contributed by atoms with van der Waals surface area (Å²) in [7, 11) is -3.34. The number of sulfonamides is 1. The topological polar surface area (TPSA) is 80.1 Å². The predicted octanol–water partition coefficient (Wildman–Crippen LogP) is 2.74. The summed E-state index contributed by atoms with van der Waals surface area (Å²) in [6.07, 6.45) is 1.98. The maximum absolute atomic E-state index is 11.8. The van der Waals surface area contributed by atoms with Crippen molar-refractivity contribution in [2.24, 2.45) is 5.92 Å². The third-order valence-corrected chi connectivity index (χ3v) is 6.34. The van der Waals surface area contributed by atoms with Crippen LogP contribution < -0.4 is 4.72 Å². The molecule has 160 valence electrons. The lowest BCUT2D eigenvalue weighted by molar-refractivity contribution is 0.269. The predicted molar refractivity (Wildman–Crippen MR) is 119 cm³/mol. The second kappa shape index (κ2) is 8.45. The molecule has 0 saturated carbocycles. The van der Waals surface area contributed by atoms with Crippen molar-refractivity contribution >= 4 is 20.8 Å². The Bertz CT molecular complexity index is 1140. The molecule has 3 aromatic rings. The lowest BCUT2D eigenvalue weighted by atomic mass is 10.1. The van der Waals surface area contributed by atoms with Gasteiger partial charge in [0, 0.05) is 32.6 Å². The van der Waals surface area contributed by atoms with Gasteiger partial charge in [-0.2, -0.15) is 0 Å². The van der Waals surface area contributed by atoms with Gasteiger partial charge in [0.15, 0.2) is 5.82 Å². The number of fused-ring (bicyclic) bond motifs is 2. The van der Waals surface area contributed by atoms with E-state index < -0.39 is 10.0 Å². The van der Waals surface area contributed by atoms with Crippen LogP contribution in [0.5, 0.6) is 0 Å². The van der Waals surface area contributed by atoms with E-state index in [9.17, 15) is 8.42 Å². The lowest BCUT2D eigenvalue weighted by Crippen LogP contribution is -2.33.